The number of carbonyl (C=O) groups excluding carboxylic acids is 2. The molecule has 17 heavy (non-hydrogen) atoms. The standard InChI is InChI=1S/C11H12ClNO4/c1-16-10(14)8-3-2-4-9(7-8)13-11(15)17-6-5-12/h2-4,7H,5-6H2,1H3,(H,13,15). The Bertz CT molecular complexity index is 408. The monoisotopic (exact) mass is 257 g/mol. The summed E-state index contributed by atoms with van der Waals surface area (Å²) in [7, 11) is 1.29. The van der Waals surface area contributed by atoms with Gasteiger partial charge >= 0.3 is 12.1 Å². The van der Waals surface area contributed by atoms with Crippen LogP contribution in [0.1, 0.15) is 10.4 Å². The number of carbonyl (C=O) groups is 2. The number of hydrogen-bond acceptors (Lipinski definition) is 4. The number of anilines is 1. The van der Waals surface area contributed by atoms with Crippen LogP contribution in [0, 0.1) is 0 Å². The highest BCUT2D eigenvalue weighted by atomic mass is 35.5. The third kappa shape index (κ3) is 4.32. The third-order valence-electron chi connectivity index (χ3n) is 1.84. The van der Waals surface area contributed by atoms with E-state index in [9.17, 15) is 9.59 Å². The summed E-state index contributed by atoms with van der Waals surface area (Å²) in [5.41, 5.74) is 0.801. The van der Waals surface area contributed by atoms with Crippen LogP contribution in [-0.2, 0) is 9.47 Å². The van der Waals surface area contributed by atoms with Crippen molar-refractivity contribution in [2.75, 3.05) is 24.9 Å². The van der Waals surface area contributed by atoms with E-state index in [1.807, 2.05) is 0 Å². The van der Waals surface area contributed by atoms with Crippen molar-refractivity contribution in [1.82, 2.24) is 0 Å². The molecule has 0 unspecified atom stereocenters. The molecular formula is C11H12ClNO4. The van der Waals surface area contributed by atoms with Crippen LogP contribution in [0.5, 0.6) is 0 Å². The lowest BCUT2D eigenvalue weighted by Gasteiger charge is -2.06. The Balaban J connectivity index is 2.65. The molecule has 0 aliphatic heterocycles. The van der Waals surface area contributed by atoms with Gasteiger partial charge in [0.1, 0.15) is 6.61 Å². The maximum Gasteiger partial charge on any atom is 0.411 e. The summed E-state index contributed by atoms with van der Waals surface area (Å²) in [6, 6.07) is 6.34. The molecule has 6 heteroatoms. The number of methoxy groups -OCH3 is 1. The van der Waals surface area contributed by atoms with Crippen molar-refractivity contribution in [3.63, 3.8) is 0 Å². The minimum absolute atomic E-state index is 0.129. The molecular weight excluding hydrogens is 246 g/mol. The van der Waals surface area contributed by atoms with Crippen LogP contribution in [0.15, 0.2) is 24.3 Å². The van der Waals surface area contributed by atoms with Crippen LogP contribution in [0.25, 0.3) is 0 Å². The molecule has 92 valence electrons. The zero-order valence-electron chi connectivity index (χ0n) is 9.23. The molecule has 0 saturated heterocycles. The summed E-state index contributed by atoms with van der Waals surface area (Å²) >= 11 is 5.37. The average Bonchev–Trinajstić information content (AvgIpc) is 2.35. The molecule has 0 fully saturated rings. The van der Waals surface area contributed by atoms with Crippen molar-refractivity contribution in [2.45, 2.75) is 0 Å². The van der Waals surface area contributed by atoms with E-state index in [-0.39, 0.29) is 12.5 Å². The topological polar surface area (TPSA) is 64.6 Å². The van der Waals surface area contributed by atoms with Gasteiger partial charge in [-0.05, 0) is 18.2 Å². The molecule has 0 heterocycles. The third-order valence-corrected chi connectivity index (χ3v) is 1.99. The largest absolute Gasteiger partial charge is 0.465 e. The van der Waals surface area contributed by atoms with E-state index in [1.165, 1.54) is 13.2 Å². The Kier molecular flexibility index (Phi) is 5.29. The number of alkyl halides is 1. The zero-order chi connectivity index (χ0) is 12.7. The van der Waals surface area contributed by atoms with E-state index >= 15 is 0 Å². The fraction of sp³-hybridized carbons (Fsp3) is 0.273. The van der Waals surface area contributed by atoms with E-state index < -0.39 is 12.1 Å². The maximum absolute atomic E-state index is 11.2. The SMILES string of the molecule is COC(=O)c1cccc(NC(=O)OCCCl)c1. The Morgan fingerprint density at radius 3 is 2.82 bits per heavy atom. The number of esters is 1. The van der Waals surface area contributed by atoms with Gasteiger partial charge in [-0.2, -0.15) is 0 Å². The fourth-order valence-electron chi connectivity index (χ4n) is 1.13. The van der Waals surface area contributed by atoms with Gasteiger partial charge in [0, 0.05) is 5.69 Å². The molecule has 0 aromatic heterocycles. The molecule has 1 aromatic rings. The highest BCUT2D eigenvalue weighted by Crippen LogP contribution is 2.11. The van der Waals surface area contributed by atoms with Crippen LogP contribution in [0.3, 0.4) is 0 Å². The first-order valence-corrected chi connectivity index (χ1v) is 5.39. The number of nitrogens with one attached hydrogen (secondary N) is 1. The van der Waals surface area contributed by atoms with E-state index in [2.05, 4.69) is 10.1 Å². The smallest absolute Gasteiger partial charge is 0.411 e. The van der Waals surface area contributed by atoms with Gasteiger partial charge in [0.2, 0.25) is 0 Å². The number of amides is 1. The van der Waals surface area contributed by atoms with Crippen LogP contribution >= 0.6 is 11.6 Å². The second kappa shape index (κ2) is 6.75. The molecule has 0 atom stereocenters. The van der Waals surface area contributed by atoms with Gasteiger partial charge in [0.25, 0.3) is 0 Å². The first-order valence-electron chi connectivity index (χ1n) is 4.85. The maximum atomic E-state index is 11.2. The van der Waals surface area contributed by atoms with Gasteiger partial charge in [-0.25, -0.2) is 9.59 Å². The molecule has 1 N–H and O–H groups in total. The first-order chi connectivity index (χ1) is 8.17. The summed E-state index contributed by atoms with van der Waals surface area (Å²) < 4.78 is 9.28. The summed E-state index contributed by atoms with van der Waals surface area (Å²) in [6.07, 6.45) is -0.618. The number of ether oxygens (including phenoxy) is 2. The normalized spacial score (nSPS) is 9.53. The molecule has 0 aliphatic rings. The minimum atomic E-state index is -0.618. The van der Waals surface area contributed by atoms with Crippen molar-refractivity contribution in [3.8, 4) is 0 Å². The molecule has 0 bridgehead atoms. The lowest BCUT2D eigenvalue weighted by atomic mass is 10.2. The quantitative estimate of drug-likeness (QED) is 0.664. The molecule has 1 amide bonds. The van der Waals surface area contributed by atoms with Gasteiger partial charge in [-0.15, -0.1) is 11.6 Å². The zero-order valence-corrected chi connectivity index (χ0v) is 9.99. The predicted octanol–water partition coefficient (Wildman–Crippen LogP) is 2.26. The molecule has 5 nitrogen and oxygen atoms in total. The Labute approximate surface area is 104 Å². The highest BCUT2D eigenvalue weighted by molar-refractivity contribution is 6.18. The Hall–Kier alpha value is -1.75. The minimum Gasteiger partial charge on any atom is -0.465 e. The van der Waals surface area contributed by atoms with Crippen LogP contribution in [0.2, 0.25) is 0 Å². The summed E-state index contributed by atoms with van der Waals surface area (Å²) in [5, 5.41) is 2.47. The molecule has 0 radical (unpaired) electrons. The summed E-state index contributed by atoms with van der Waals surface area (Å²) in [4.78, 5) is 22.5. The lowest BCUT2D eigenvalue weighted by molar-refractivity contribution is 0.0600. The number of benzene rings is 1. The summed E-state index contributed by atoms with van der Waals surface area (Å²) in [6.45, 7) is 0.129. The summed E-state index contributed by atoms with van der Waals surface area (Å²) in [5.74, 6) is -0.238. The Morgan fingerprint density at radius 2 is 2.18 bits per heavy atom. The van der Waals surface area contributed by atoms with Crippen molar-refractivity contribution in [1.29, 1.82) is 0 Å². The predicted molar refractivity (Wildman–Crippen MR) is 63.5 cm³/mol. The fourth-order valence-corrected chi connectivity index (χ4v) is 1.20. The molecule has 1 aromatic carbocycles. The van der Waals surface area contributed by atoms with Crippen LogP contribution in [0.4, 0.5) is 10.5 Å². The van der Waals surface area contributed by atoms with Crippen molar-refractivity contribution in [3.05, 3.63) is 29.8 Å². The number of halogens is 1. The van der Waals surface area contributed by atoms with Gasteiger partial charge < -0.3 is 9.47 Å². The highest BCUT2D eigenvalue weighted by Gasteiger charge is 2.07. The molecule has 0 aliphatic carbocycles. The van der Waals surface area contributed by atoms with Crippen molar-refractivity contribution in [2.24, 2.45) is 0 Å². The van der Waals surface area contributed by atoms with Crippen molar-refractivity contribution >= 4 is 29.4 Å². The van der Waals surface area contributed by atoms with E-state index in [4.69, 9.17) is 16.3 Å². The molecule has 1 rings (SSSR count). The second-order valence-corrected chi connectivity index (χ2v) is 3.40. The number of hydrogen-bond donors (Lipinski definition) is 1. The molecule has 0 spiro atoms. The molecule has 0 saturated carbocycles. The van der Waals surface area contributed by atoms with Gasteiger partial charge in [0.05, 0.1) is 18.6 Å². The first kappa shape index (κ1) is 13.3. The Morgan fingerprint density at radius 1 is 1.41 bits per heavy atom. The van der Waals surface area contributed by atoms with Gasteiger partial charge in [-0.3, -0.25) is 5.32 Å². The van der Waals surface area contributed by atoms with E-state index in [1.54, 1.807) is 18.2 Å². The van der Waals surface area contributed by atoms with Gasteiger partial charge in [-0.1, -0.05) is 6.07 Å². The van der Waals surface area contributed by atoms with Gasteiger partial charge in [0.15, 0.2) is 0 Å². The van der Waals surface area contributed by atoms with E-state index in [0.717, 1.165) is 0 Å². The van der Waals surface area contributed by atoms with E-state index in [0.29, 0.717) is 11.3 Å². The van der Waals surface area contributed by atoms with Crippen LogP contribution in [-0.4, -0.2) is 31.7 Å². The lowest BCUT2D eigenvalue weighted by Crippen LogP contribution is -2.15. The van der Waals surface area contributed by atoms with Crippen LogP contribution < -0.4 is 5.32 Å². The second-order valence-electron chi connectivity index (χ2n) is 3.02. The average molecular weight is 258 g/mol. The number of rotatable bonds is 4. The van der Waals surface area contributed by atoms with Crippen molar-refractivity contribution < 1.29 is 19.1 Å².